The summed E-state index contributed by atoms with van der Waals surface area (Å²) in [7, 11) is 0. The van der Waals surface area contributed by atoms with Crippen LogP contribution >= 0.6 is 0 Å². The highest BCUT2D eigenvalue weighted by atomic mass is 16.1. The molecule has 0 amide bonds. The van der Waals surface area contributed by atoms with Crippen molar-refractivity contribution in [2.75, 3.05) is 13.1 Å². The lowest BCUT2D eigenvalue weighted by atomic mass is 9.75. The van der Waals surface area contributed by atoms with Crippen LogP contribution in [-0.2, 0) is 16.6 Å². The fourth-order valence-corrected chi connectivity index (χ4v) is 5.27. The summed E-state index contributed by atoms with van der Waals surface area (Å²) in [4.78, 5) is 14.9. The molecule has 1 aliphatic carbocycles. The minimum Gasteiger partial charge on any atom is -0.300 e. The Hall–Kier alpha value is -1.93. The van der Waals surface area contributed by atoms with Gasteiger partial charge < -0.3 is 4.90 Å². The van der Waals surface area contributed by atoms with Gasteiger partial charge in [-0.2, -0.15) is 0 Å². The minimum atomic E-state index is -0.227. The molecule has 28 heavy (non-hydrogen) atoms. The zero-order valence-corrected chi connectivity index (χ0v) is 17.4. The fraction of sp³-hybridized carbons (Fsp3) is 0.500. The second kappa shape index (κ2) is 8.21. The van der Waals surface area contributed by atoms with Crippen LogP contribution in [0.1, 0.15) is 63.5 Å². The molecule has 2 heteroatoms. The van der Waals surface area contributed by atoms with Gasteiger partial charge in [-0.25, -0.2) is 0 Å². The quantitative estimate of drug-likeness (QED) is 0.638. The van der Waals surface area contributed by atoms with E-state index in [0.29, 0.717) is 5.78 Å². The molecule has 1 atom stereocenters. The number of Topliss-reactive ketones (excluding diaryl/α,β-unsaturated/α-hetero) is 1. The van der Waals surface area contributed by atoms with Crippen LogP contribution in [0, 0.1) is 0 Å². The Morgan fingerprint density at radius 3 is 2.11 bits per heavy atom. The molecular formula is C26H33NO. The number of carbonyl (C=O) groups excluding carboxylic acids is 1. The van der Waals surface area contributed by atoms with Gasteiger partial charge in [0, 0.05) is 12.6 Å². The number of nitrogens with zero attached hydrogens (tertiary/aromatic N) is 1. The first-order valence-corrected chi connectivity index (χ1v) is 11.0. The molecule has 2 aromatic rings. The van der Waals surface area contributed by atoms with Crippen LogP contribution in [0.5, 0.6) is 0 Å². The van der Waals surface area contributed by atoms with Crippen LogP contribution in [0.3, 0.4) is 0 Å². The lowest BCUT2D eigenvalue weighted by molar-refractivity contribution is -0.122. The molecule has 2 nitrogen and oxygen atoms in total. The molecular weight excluding hydrogens is 342 g/mol. The van der Waals surface area contributed by atoms with E-state index in [1.807, 2.05) is 0 Å². The van der Waals surface area contributed by atoms with Crippen LogP contribution in [0.4, 0.5) is 0 Å². The van der Waals surface area contributed by atoms with E-state index in [-0.39, 0.29) is 5.41 Å². The van der Waals surface area contributed by atoms with Crippen LogP contribution < -0.4 is 0 Å². The van der Waals surface area contributed by atoms with E-state index in [1.54, 1.807) is 6.92 Å². The smallest absolute Gasteiger partial charge is 0.140 e. The van der Waals surface area contributed by atoms with Gasteiger partial charge in [-0.3, -0.25) is 4.79 Å². The molecule has 4 rings (SSSR count). The lowest BCUT2D eigenvalue weighted by Crippen LogP contribution is -2.30. The molecule has 1 saturated heterocycles. The molecule has 2 aliphatic rings. The molecule has 0 radical (unpaired) electrons. The van der Waals surface area contributed by atoms with Gasteiger partial charge in [-0.15, -0.1) is 0 Å². The number of hydrogen-bond donors (Lipinski definition) is 0. The van der Waals surface area contributed by atoms with Gasteiger partial charge in [0.15, 0.2) is 0 Å². The molecule has 1 saturated carbocycles. The van der Waals surface area contributed by atoms with Crippen molar-refractivity contribution < 1.29 is 4.79 Å². The third kappa shape index (κ3) is 3.80. The van der Waals surface area contributed by atoms with Gasteiger partial charge in [0.25, 0.3) is 0 Å². The zero-order valence-electron chi connectivity index (χ0n) is 17.4. The van der Waals surface area contributed by atoms with Crippen LogP contribution in [0.2, 0.25) is 0 Å². The van der Waals surface area contributed by atoms with Gasteiger partial charge in [0.1, 0.15) is 5.78 Å². The normalized spacial score (nSPS) is 21.9. The monoisotopic (exact) mass is 375 g/mol. The van der Waals surface area contributed by atoms with Crippen molar-refractivity contribution in [1.29, 1.82) is 0 Å². The molecule has 1 heterocycles. The average molecular weight is 376 g/mol. The Morgan fingerprint density at radius 1 is 0.964 bits per heavy atom. The van der Waals surface area contributed by atoms with E-state index in [2.05, 4.69) is 60.4 Å². The molecule has 1 aliphatic heterocycles. The van der Waals surface area contributed by atoms with Crippen LogP contribution in [0.25, 0.3) is 11.1 Å². The zero-order chi connectivity index (χ0) is 19.6. The Morgan fingerprint density at radius 2 is 1.57 bits per heavy atom. The summed E-state index contributed by atoms with van der Waals surface area (Å²) in [6, 6.07) is 18.5. The summed E-state index contributed by atoms with van der Waals surface area (Å²) in [6.07, 6.45) is 8.17. The van der Waals surface area contributed by atoms with Crippen molar-refractivity contribution in [3.05, 3.63) is 59.7 Å². The highest BCUT2D eigenvalue weighted by Gasteiger charge is 2.39. The predicted molar refractivity (Wildman–Crippen MR) is 117 cm³/mol. The Balaban J connectivity index is 1.43. The number of benzene rings is 2. The number of rotatable bonds is 6. The highest BCUT2D eigenvalue weighted by Crippen LogP contribution is 2.42. The first-order chi connectivity index (χ1) is 13.6. The van der Waals surface area contributed by atoms with Gasteiger partial charge >= 0.3 is 0 Å². The molecule has 0 N–H and O–H groups in total. The van der Waals surface area contributed by atoms with Crippen molar-refractivity contribution in [2.24, 2.45) is 0 Å². The third-order valence-corrected chi connectivity index (χ3v) is 7.23. The molecule has 0 spiro atoms. The van der Waals surface area contributed by atoms with Crippen molar-refractivity contribution in [1.82, 2.24) is 4.90 Å². The lowest BCUT2D eigenvalue weighted by Gasteiger charge is -2.26. The number of likely N-dealkylation sites (tertiary alicyclic amines) is 1. The molecule has 2 aromatic carbocycles. The van der Waals surface area contributed by atoms with E-state index in [9.17, 15) is 4.79 Å². The second-order valence-corrected chi connectivity index (χ2v) is 8.90. The van der Waals surface area contributed by atoms with E-state index in [4.69, 9.17) is 0 Å². The maximum Gasteiger partial charge on any atom is 0.140 e. The summed E-state index contributed by atoms with van der Waals surface area (Å²) in [5, 5.41) is 0. The molecule has 2 fully saturated rings. The third-order valence-electron chi connectivity index (χ3n) is 7.23. The van der Waals surface area contributed by atoms with Crippen LogP contribution in [0.15, 0.2) is 48.5 Å². The summed E-state index contributed by atoms with van der Waals surface area (Å²) in [6.45, 7) is 6.54. The molecule has 0 unspecified atom stereocenters. The van der Waals surface area contributed by atoms with E-state index >= 15 is 0 Å². The number of carbonyl (C=O) groups is 1. The SMILES string of the molecule is CC(=O)C1(c2ccc(-c3ccc(CCN4CCC[C@H]4C)cc3)cc2)CCCC1. The molecule has 0 aromatic heterocycles. The van der Waals surface area contributed by atoms with Crippen molar-refractivity contribution in [3.63, 3.8) is 0 Å². The van der Waals surface area contributed by atoms with Crippen molar-refractivity contribution >= 4 is 5.78 Å². The predicted octanol–water partition coefficient (Wildman–Crippen LogP) is 5.78. The number of ketones is 1. The van der Waals surface area contributed by atoms with Crippen molar-refractivity contribution in [3.8, 4) is 11.1 Å². The maximum absolute atomic E-state index is 12.3. The first-order valence-electron chi connectivity index (χ1n) is 11.0. The van der Waals surface area contributed by atoms with E-state index in [1.165, 1.54) is 61.0 Å². The van der Waals surface area contributed by atoms with Crippen molar-refractivity contribution in [2.45, 2.75) is 70.3 Å². The summed E-state index contributed by atoms with van der Waals surface area (Å²) < 4.78 is 0. The highest BCUT2D eigenvalue weighted by molar-refractivity contribution is 5.88. The molecule has 148 valence electrons. The largest absolute Gasteiger partial charge is 0.300 e. The van der Waals surface area contributed by atoms with E-state index < -0.39 is 0 Å². The number of hydrogen-bond acceptors (Lipinski definition) is 2. The van der Waals surface area contributed by atoms with Gasteiger partial charge in [0.05, 0.1) is 5.41 Å². The van der Waals surface area contributed by atoms with Gasteiger partial charge in [-0.1, -0.05) is 61.4 Å². The maximum atomic E-state index is 12.3. The average Bonchev–Trinajstić information content (AvgIpc) is 3.37. The second-order valence-electron chi connectivity index (χ2n) is 8.90. The summed E-state index contributed by atoms with van der Waals surface area (Å²) >= 11 is 0. The van der Waals surface area contributed by atoms with Crippen LogP contribution in [-0.4, -0.2) is 29.8 Å². The Kier molecular flexibility index (Phi) is 5.68. The first kappa shape index (κ1) is 19.4. The van der Waals surface area contributed by atoms with Gasteiger partial charge in [-0.05, 0) is 74.8 Å². The summed E-state index contributed by atoms with van der Waals surface area (Å²) in [5.41, 5.74) is 4.89. The molecule has 0 bridgehead atoms. The Bertz CT molecular complexity index is 799. The Labute approximate surface area is 170 Å². The summed E-state index contributed by atoms with van der Waals surface area (Å²) in [5.74, 6) is 0.328. The topological polar surface area (TPSA) is 20.3 Å². The standard InChI is InChI=1S/C26H33NO/c1-20-6-5-18-27(20)19-15-22-7-9-23(10-8-22)24-11-13-25(14-12-24)26(21(2)28)16-3-4-17-26/h7-14,20H,3-6,15-19H2,1-2H3/t20-/m1/s1. The fourth-order valence-electron chi connectivity index (χ4n) is 5.27. The minimum absolute atomic E-state index is 0.227. The van der Waals surface area contributed by atoms with E-state index in [0.717, 1.165) is 25.3 Å². The van der Waals surface area contributed by atoms with Gasteiger partial charge in [0.2, 0.25) is 0 Å².